The molecule has 1 N–H and O–H groups in total. The molecule has 0 atom stereocenters. The Morgan fingerprint density at radius 1 is 1.13 bits per heavy atom. The van der Waals surface area contributed by atoms with Gasteiger partial charge in [-0.2, -0.15) is 0 Å². The van der Waals surface area contributed by atoms with Crippen molar-refractivity contribution in [3.05, 3.63) is 28.0 Å². The highest BCUT2D eigenvalue weighted by atomic mass is 32.1. The minimum atomic E-state index is -0.794. The van der Waals surface area contributed by atoms with E-state index in [1.807, 2.05) is 12.1 Å². The van der Waals surface area contributed by atoms with Crippen LogP contribution in [0.3, 0.4) is 0 Å². The van der Waals surface area contributed by atoms with E-state index in [1.54, 1.807) is 52.5 Å². The first-order valence-electron chi connectivity index (χ1n) is 9.67. The minimum Gasteiger partial charge on any atom is -0.444 e. The van der Waals surface area contributed by atoms with E-state index in [4.69, 9.17) is 9.47 Å². The normalized spacial score (nSPS) is 15.3. The summed E-state index contributed by atoms with van der Waals surface area (Å²) < 4.78 is 10.5. The summed E-state index contributed by atoms with van der Waals surface area (Å²) in [6, 6.07) is 3.71. The van der Waals surface area contributed by atoms with Crippen LogP contribution in [-0.2, 0) is 9.47 Å². The summed E-state index contributed by atoms with van der Waals surface area (Å²) in [4.78, 5) is 42.8. The number of aliphatic imine (C=N–C) groups is 1. The van der Waals surface area contributed by atoms with E-state index in [0.29, 0.717) is 24.4 Å². The topological polar surface area (TPSA) is 97.3 Å². The third kappa shape index (κ3) is 7.62. The number of rotatable bonds is 2. The maximum atomic E-state index is 12.3. The first kappa shape index (κ1) is 23.6. The first-order valence-corrected chi connectivity index (χ1v) is 10.5. The molecule has 164 valence electrons. The van der Waals surface area contributed by atoms with Crippen molar-refractivity contribution in [3.8, 4) is 0 Å². The molecule has 0 radical (unpaired) electrons. The molecule has 8 nitrogen and oxygen atoms in total. The maximum absolute atomic E-state index is 12.3. The molecule has 0 unspecified atom stereocenters. The van der Waals surface area contributed by atoms with E-state index >= 15 is 0 Å². The molecular weight excluding hydrogens is 406 g/mol. The number of carbonyl (C=O) groups is 3. The summed E-state index contributed by atoms with van der Waals surface area (Å²) in [7, 11) is 0. The van der Waals surface area contributed by atoms with Gasteiger partial charge in [-0.3, -0.25) is 10.1 Å². The Labute approximate surface area is 180 Å². The minimum absolute atomic E-state index is 0.0774. The Hall–Kier alpha value is -2.68. The monoisotopic (exact) mass is 435 g/mol. The Kier molecular flexibility index (Phi) is 7.41. The Morgan fingerprint density at radius 2 is 1.80 bits per heavy atom. The molecule has 2 amide bonds. The third-order valence-corrected chi connectivity index (χ3v) is 4.86. The maximum Gasteiger partial charge on any atom is 0.437 e. The van der Waals surface area contributed by atoms with E-state index in [0.717, 1.165) is 16.7 Å². The second-order valence-corrected chi connectivity index (χ2v) is 9.90. The van der Waals surface area contributed by atoms with Crippen LogP contribution in [-0.4, -0.2) is 53.6 Å². The van der Waals surface area contributed by atoms with Crippen LogP contribution in [0.15, 0.2) is 23.2 Å². The molecule has 0 aliphatic carbocycles. The van der Waals surface area contributed by atoms with Crippen LogP contribution in [0.1, 0.15) is 62.5 Å². The van der Waals surface area contributed by atoms with Crippen molar-refractivity contribution in [2.24, 2.45) is 4.99 Å². The molecule has 0 aromatic carbocycles. The van der Waals surface area contributed by atoms with Gasteiger partial charge in [0.2, 0.25) is 5.96 Å². The number of nitrogens with one attached hydrogen (secondary N) is 1. The number of hydrogen-bond acceptors (Lipinski definition) is 6. The molecule has 1 aromatic heterocycles. The van der Waals surface area contributed by atoms with E-state index in [2.05, 4.69) is 10.3 Å². The molecule has 0 saturated carbocycles. The zero-order valence-electron chi connectivity index (χ0n) is 18.3. The summed E-state index contributed by atoms with van der Waals surface area (Å²) in [6.07, 6.45) is 2.00. The SMILES string of the molecule is CC(C)(C)OC(=O)/N=C(\NC(=O)OC(C)(C)C)N1CC=C(c2ccc(C=O)s2)CC1. The highest BCUT2D eigenvalue weighted by Crippen LogP contribution is 2.28. The van der Waals surface area contributed by atoms with Gasteiger partial charge < -0.3 is 14.4 Å². The third-order valence-electron chi connectivity index (χ3n) is 3.77. The Bertz CT molecular complexity index is 859. The van der Waals surface area contributed by atoms with E-state index in [1.165, 1.54) is 11.3 Å². The lowest BCUT2D eigenvalue weighted by Crippen LogP contribution is -2.47. The molecule has 0 fully saturated rings. The lowest BCUT2D eigenvalue weighted by atomic mass is 10.1. The molecule has 1 aromatic rings. The van der Waals surface area contributed by atoms with E-state index < -0.39 is 23.4 Å². The molecule has 0 bridgehead atoms. The predicted octanol–water partition coefficient (Wildman–Crippen LogP) is 4.47. The molecule has 2 rings (SSSR count). The smallest absolute Gasteiger partial charge is 0.437 e. The quantitative estimate of drug-likeness (QED) is 0.418. The Morgan fingerprint density at radius 3 is 2.30 bits per heavy atom. The van der Waals surface area contributed by atoms with Gasteiger partial charge in [-0.15, -0.1) is 16.3 Å². The second kappa shape index (κ2) is 9.42. The number of carbonyl (C=O) groups excluding carboxylic acids is 3. The van der Waals surface area contributed by atoms with Crippen molar-refractivity contribution < 1.29 is 23.9 Å². The number of aldehydes is 1. The largest absolute Gasteiger partial charge is 0.444 e. The van der Waals surface area contributed by atoms with Crippen LogP contribution in [0, 0.1) is 0 Å². The average Bonchev–Trinajstić information content (AvgIpc) is 3.07. The summed E-state index contributed by atoms with van der Waals surface area (Å²) >= 11 is 1.43. The first-order chi connectivity index (χ1) is 13.9. The molecular formula is C21H29N3O5S. The van der Waals surface area contributed by atoms with Crippen molar-refractivity contribution in [1.29, 1.82) is 0 Å². The zero-order chi connectivity index (χ0) is 22.5. The second-order valence-electron chi connectivity index (χ2n) is 8.79. The standard InChI is InChI=1S/C21H29N3O5S/c1-20(2,3)28-18(26)22-17(23-19(27)29-21(4,5)6)24-11-9-14(10-12-24)16-8-7-15(13-25)30-16/h7-9,13H,10-12H2,1-6H3,(H,22,23,26,27). The summed E-state index contributed by atoms with van der Waals surface area (Å²) in [5.74, 6) is 0.0774. The van der Waals surface area contributed by atoms with Crippen molar-refractivity contribution >= 4 is 41.3 Å². The van der Waals surface area contributed by atoms with Crippen LogP contribution < -0.4 is 5.32 Å². The number of ether oxygens (including phenoxy) is 2. The van der Waals surface area contributed by atoms with Crippen molar-refractivity contribution in [2.75, 3.05) is 13.1 Å². The molecule has 0 saturated heterocycles. The van der Waals surface area contributed by atoms with Gasteiger partial charge in [0.1, 0.15) is 11.2 Å². The van der Waals surface area contributed by atoms with Crippen LogP contribution in [0.5, 0.6) is 0 Å². The van der Waals surface area contributed by atoms with Crippen LogP contribution >= 0.6 is 11.3 Å². The van der Waals surface area contributed by atoms with Gasteiger partial charge in [-0.25, -0.2) is 9.59 Å². The van der Waals surface area contributed by atoms with E-state index in [-0.39, 0.29) is 5.96 Å². The molecule has 0 spiro atoms. The fraction of sp³-hybridized carbons (Fsp3) is 0.524. The lowest BCUT2D eigenvalue weighted by Gasteiger charge is -2.30. The molecule has 30 heavy (non-hydrogen) atoms. The van der Waals surface area contributed by atoms with Gasteiger partial charge in [0.25, 0.3) is 0 Å². The summed E-state index contributed by atoms with van der Waals surface area (Å²) in [5, 5.41) is 2.57. The molecule has 9 heteroatoms. The summed E-state index contributed by atoms with van der Waals surface area (Å²) in [6.45, 7) is 11.4. The van der Waals surface area contributed by atoms with Crippen LogP contribution in [0.2, 0.25) is 0 Å². The van der Waals surface area contributed by atoms with E-state index in [9.17, 15) is 14.4 Å². The van der Waals surface area contributed by atoms with Gasteiger partial charge in [-0.05, 0) is 65.7 Å². The number of alkyl carbamates (subject to hydrolysis) is 1. The number of amides is 2. The Balaban J connectivity index is 2.18. The van der Waals surface area contributed by atoms with Crippen LogP contribution in [0.25, 0.3) is 5.57 Å². The molecule has 1 aliphatic rings. The predicted molar refractivity (Wildman–Crippen MR) is 117 cm³/mol. The van der Waals surface area contributed by atoms with Gasteiger partial charge in [0.15, 0.2) is 6.29 Å². The van der Waals surface area contributed by atoms with Crippen molar-refractivity contribution in [3.63, 3.8) is 0 Å². The molecule has 2 heterocycles. The van der Waals surface area contributed by atoms with Gasteiger partial charge in [0, 0.05) is 18.0 Å². The number of hydrogen-bond donors (Lipinski definition) is 1. The fourth-order valence-electron chi connectivity index (χ4n) is 2.62. The van der Waals surface area contributed by atoms with Gasteiger partial charge in [0.05, 0.1) is 4.88 Å². The summed E-state index contributed by atoms with van der Waals surface area (Å²) in [5.41, 5.74) is -0.286. The van der Waals surface area contributed by atoms with Crippen molar-refractivity contribution in [2.45, 2.75) is 59.2 Å². The number of thiophene rings is 1. The zero-order valence-corrected chi connectivity index (χ0v) is 19.1. The fourth-order valence-corrected chi connectivity index (χ4v) is 3.51. The van der Waals surface area contributed by atoms with Crippen LogP contribution in [0.4, 0.5) is 9.59 Å². The lowest BCUT2D eigenvalue weighted by molar-refractivity contribution is 0.0555. The average molecular weight is 436 g/mol. The number of guanidine groups is 1. The van der Waals surface area contributed by atoms with Gasteiger partial charge >= 0.3 is 12.2 Å². The van der Waals surface area contributed by atoms with Crippen molar-refractivity contribution in [1.82, 2.24) is 10.2 Å². The number of nitrogens with zero attached hydrogens (tertiary/aromatic N) is 2. The highest BCUT2D eigenvalue weighted by molar-refractivity contribution is 7.14. The highest BCUT2D eigenvalue weighted by Gasteiger charge is 2.24. The van der Waals surface area contributed by atoms with Gasteiger partial charge in [-0.1, -0.05) is 6.08 Å². The molecule has 1 aliphatic heterocycles.